The number of nitrogens with zero attached hydrogens (tertiary/aromatic N) is 4. The number of carbonyl (C=O) groups excluding carboxylic acids is 2. The molecule has 1 aromatic heterocycles. The second kappa shape index (κ2) is 7.27. The van der Waals surface area contributed by atoms with Gasteiger partial charge in [0.25, 0.3) is 5.91 Å². The van der Waals surface area contributed by atoms with Crippen molar-refractivity contribution in [2.45, 2.75) is 38.1 Å². The molecule has 7 heteroatoms. The Labute approximate surface area is 152 Å². The van der Waals surface area contributed by atoms with E-state index in [0.717, 1.165) is 44.3 Å². The molecule has 4 rings (SSSR count). The van der Waals surface area contributed by atoms with Crippen molar-refractivity contribution in [2.24, 2.45) is 5.92 Å². The summed E-state index contributed by atoms with van der Waals surface area (Å²) in [6.45, 7) is 1.35. The fourth-order valence-corrected chi connectivity index (χ4v) is 3.91. The van der Waals surface area contributed by atoms with Gasteiger partial charge in [0.05, 0.1) is 5.69 Å². The first-order chi connectivity index (χ1) is 12.7. The lowest BCUT2D eigenvalue weighted by Gasteiger charge is -2.20. The first-order valence-corrected chi connectivity index (χ1v) is 9.25. The molecule has 1 saturated heterocycles. The lowest BCUT2D eigenvalue weighted by molar-refractivity contribution is -0.134. The Kier molecular flexibility index (Phi) is 4.69. The van der Waals surface area contributed by atoms with E-state index in [4.69, 9.17) is 0 Å². The Bertz CT molecular complexity index is 783. The average molecular weight is 353 g/mol. The first-order valence-electron chi connectivity index (χ1n) is 9.25. The maximum atomic E-state index is 12.6. The minimum Gasteiger partial charge on any atom is -0.347 e. The van der Waals surface area contributed by atoms with Crippen molar-refractivity contribution in [3.63, 3.8) is 0 Å². The number of hydrogen-bond donors (Lipinski definition) is 1. The van der Waals surface area contributed by atoms with Crippen molar-refractivity contribution < 1.29 is 9.59 Å². The van der Waals surface area contributed by atoms with Gasteiger partial charge in [0.2, 0.25) is 5.91 Å². The molecule has 2 aromatic rings. The Morgan fingerprint density at radius 1 is 1.15 bits per heavy atom. The molecular formula is C19H23N5O2. The molecule has 0 radical (unpaired) electrons. The van der Waals surface area contributed by atoms with Gasteiger partial charge in [-0.2, -0.15) is 5.10 Å². The molecule has 1 N–H and O–H groups in total. The third kappa shape index (κ3) is 3.47. The summed E-state index contributed by atoms with van der Waals surface area (Å²) in [6.07, 6.45) is 8.22. The number of nitrogens with one attached hydrogen (secondary N) is 1. The number of carbonyl (C=O) groups is 2. The van der Waals surface area contributed by atoms with Gasteiger partial charge in [-0.25, -0.2) is 9.67 Å². The monoisotopic (exact) mass is 353 g/mol. The summed E-state index contributed by atoms with van der Waals surface area (Å²) in [6, 6.07) is 7.30. The Morgan fingerprint density at radius 3 is 2.77 bits per heavy atom. The number of benzene rings is 1. The van der Waals surface area contributed by atoms with Crippen LogP contribution in [0.5, 0.6) is 0 Å². The molecule has 136 valence electrons. The molecule has 1 aliphatic heterocycles. The highest BCUT2D eigenvalue weighted by Gasteiger charge is 2.32. The molecular weight excluding hydrogens is 330 g/mol. The van der Waals surface area contributed by atoms with E-state index >= 15 is 0 Å². The molecule has 0 spiro atoms. The van der Waals surface area contributed by atoms with Gasteiger partial charge in [-0.3, -0.25) is 9.59 Å². The minimum atomic E-state index is -0.118. The fraction of sp³-hybridized carbons (Fsp3) is 0.474. The van der Waals surface area contributed by atoms with Crippen LogP contribution in [0.2, 0.25) is 0 Å². The van der Waals surface area contributed by atoms with Crippen LogP contribution in [0.25, 0.3) is 5.69 Å². The van der Waals surface area contributed by atoms with E-state index in [1.807, 2.05) is 17.0 Å². The second-order valence-electron chi connectivity index (χ2n) is 7.12. The number of rotatable bonds is 4. The van der Waals surface area contributed by atoms with Gasteiger partial charge in [0.1, 0.15) is 12.7 Å². The van der Waals surface area contributed by atoms with E-state index < -0.39 is 0 Å². The van der Waals surface area contributed by atoms with Crippen LogP contribution >= 0.6 is 0 Å². The predicted molar refractivity (Wildman–Crippen MR) is 95.8 cm³/mol. The van der Waals surface area contributed by atoms with Gasteiger partial charge >= 0.3 is 0 Å². The van der Waals surface area contributed by atoms with Crippen molar-refractivity contribution in [1.29, 1.82) is 0 Å². The van der Waals surface area contributed by atoms with E-state index in [0.29, 0.717) is 12.1 Å². The van der Waals surface area contributed by atoms with Crippen LogP contribution < -0.4 is 5.32 Å². The molecule has 2 heterocycles. The Morgan fingerprint density at radius 2 is 2.00 bits per heavy atom. The van der Waals surface area contributed by atoms with Crippen molar-refractivity contribution in [3.8, 4) is 5.69 Å². The summed E-state index contributed by atoms with van der Waals surface area (Å²) in [5, 5.41) is 7.15. The van der Waals surface area contributed by atoms with Gasteiger partial charge in [-0.05, 0) is 37.5 Å². The zero-order chi connectivity index (χ0) is 17.9. The van der Waals surface area contributed by atoms with Crippen LogP contribution in [0.4, 0.5) is 0 Å². The zero-order valence-electron chi connectivity index (χ0n) is 14.7. The minimum absolute atomic E-state index is 0.0166. The maximum Gasteiger partial charge on any atom is 0.251 e. The highest BCUT2D eigenvalue weighted by atomic mass is 16.2. The van der Waals surface area contributed by atoms with Crippen LogP contribution in [0.3, 0.4) is 0 Å². The molecule has 1 atom stereocenters. The SMILES string of the molecule is O=C(N[C@H]1CCN(C(=O)C2CCCC2)C1)c1cccc(-n2cncn2)c1. The molecule has 7 nitrogen and oxygen atoms in total. The van der Waals surface area contributed by atoms with Gasteiger partial charge in [0, 0.05) is 30.6 Å². The largest absolute Gasteiger partial charge is 0.347 e. The topological polar surface area (TPSA) is 80.1 Å². The van der Waals surface area contributed by atoms with Crippen LogP contribution in [-0.4, -0.2) is 50.6 Å². The molecule has 0 unspecified atom stereocenters. The van der Waals surface area contributed by atoms with Gasteiger partial charge in [0.15, 0.2) is 0 Å². The van der Waals surface area contributed by atoms with Crippen LogP contribution in [0, 0.1) is 5.92 Å². The number of likely N-dealkylation sites (tertiary alicyclic amines) is 1. The van der Waals surface area contributed by atoms with Crippen molar-refractivity contribution in [2.75, 3.05) is 13.1 Å². The van der Waals surface area contributed by atoms with Crippen molar-refractivity contribution in [3.05, 3.63) is 42.5 Å². The van der Waals surface area contributed by atoms with Crippen LogP contribution in [0.1, 0.15) is 42.5 Å². The highest BCUT2D eigenvalue weighted by Crippen LogP contribution is 2.27. The predicted octanol–water partition coefficient (Wildman–Crippen LogP) is 1.79. The molecule has 1 aliphatic carbocycles. The summed E-state index contributed by atoms with van der Waals surface area (Å²) < 4.78 is 1.62. The lowest BCUT2D eigenvalue weighted by atomic mass is 10.1. The van der Waals surface area contributed by atoms with E-state index in [-0.39, 0.29) is 23.8 Å². The smallest absolute Gasteiger partial charge is 0.251 e. The van der Waals surface area contributed by atoms with Gasteiger partial charge in [-0.1, -0.05) is 18.9 Å². The normalized spacial score (nSPS) is 20.5. The molecule has 2 fully saturated rings. The Hall–Kier alpha value is -2.70. The first kappa shape index (κ1) is 16.8. The Balaban J connectivity index is 1.37. The van der Waals surface area contributed by atoms with Gasteiger partial charge in [-0.15, -0.1) is 0 Å². The quantitative estimate of drug-likeness (QED) is 0.909. The third-order valence-corrected chi connectivity index (χ3v) is 5.33. The number of amides is 2. The van der Waals surface area contributed by atoms with Crippen LogP contribution in [0.15, 0.2) is 36.9 Å². The average Bonchev–Trinajstić information content (AvgIpc) is 3.43. The fourth-order valence-electron chi connectivity index (χ4n) is 3.91. The summed E-state index contributed by atoms with van der Waals surface area (Å²) >= 11 is 0. The summed E-state index contributed by atoms with van der Waals surface area (Å²) in [4.78, 5) is 31.0. The summed E-state index contributed by atoms with van der Waals surface area (Å²) in [7, 11) is 0. The van der Waals surface area contributed by atoms with E-state index in [2.05, 4.69) is 15.4 Å². The molecule has 26 heavy (non-hydrogen) atoms. The van der Waals surface area contributed by atoms with Crippen molar-refractivity contribution in [1.82, 2.24) is 25.0 Å². The molecule has 1 saturated carbocycles. The number of aromatic nitrogens is 3. The van der Waals surface area contributed by atoms with Crippen molar-refractivity contribution >= 4 is 11.8 Å². The van der Waals surface area contributed by atoms with E-state index in [9.17, 15) is 9.59 Å². The highest BCUT2D eigenvalue weighted by molar-refractivity contribution is 5.95. The lowest BCUT2D eigenvalue weighted by Crippen LogP contribution is -2.39. The molecule has 2 aliphatic rings. The molecule has 0 bridgehead atoms. The summed E-state index contributed by atoms with van der Waals surface area (Å²) in [5.74, 6) is 0.350. The maximum absolute atomic E-state index is 12.6. The van der Waals surface area contributed by atoms with Gasteiger partial charge < -0.3 is 10.2 Å². The zero-order valence-corrected chi connectivity index (χ0v) is 14.7. The van der Waals surface area contributed by atoms with Crippen LogP contribution in [-0.2, 0) is 4.79 Å². The molecule has 2 amide bonds. The third-order valence-electron chi connectivity index (χ3n) is 5.33. The summed E-state index contributed by atoms with van der Waals surface area (Å²) in [5.41, 5.74) is 1.37. The standard InChI is InChI=1S/C19H23N5O2/c25-18(15-6-3-7-17(10-15)24-13-20-12-21-24)22-16-8-9-23(11-16)19(26)14-4-1-2-5-14/h3,6-7,10,12-14,16H,1-2,4-5,8-9,11H2,(H,22,25)/t16-/m0/s1. The number of hydrogen-bond acceptors (Lipinski definition) is 4. The van der Waals surface area contributed by atoms with E-state index in [1.165, 1.54) is 6.33 Å². The molecule has 1 aromatic carbocycles. The van der Waals surface area contributed by atoms with E-state index in [1.54, 1.807) is 23.1 Å². The second-order valence-corrected chi connectivity index (χ2v) is 7.12.